The SMILES string of the molecule is Cc1cc(OCCNC(=O)Nc2ccc(N(C)C)cc2)cc(C)c1Cl. The zero-order chi connectivity index (χ0) is 18.4. The molecule has 0 bridgehead atoms. The first-order chi connectivity index (χ1) is 11.9. The molecule has 0 saturated heterocycles. The maximum Gasteiger partial charge on any atom is 0.319 e. The molecule has 0 heterocycles. The smallest absolute Gasteiger partial charge is 0.319 e. The van der Waals surface area contributed by atoms with Crippen LogP contribution in [0, 0.1) is 13.8 Å². The number of amides is 2. The van der Waals surface area contributed by atoms with E-state index in [4.69, 9.17) is 16.3 Å². The molecular weight excluding hydrogens is 338 g/mol. The van der Waals surface area contributed by atoms with Crippen molar-refractivity contribution in [3.63, 3.8) is 0 Å². The average molecular weight is 362 g/mol. The molecule has 2 N–H and O–H groups in total. The van der Waals surface area contributed by atoms with Crippen molar-refractivity contribution in [3.8, 4) is 5.75 Å². The summed E-state index contributed by atoms with van der Waals surface area (Å²) in [6, 6.07) is 11.1. The molecule has 25 heavy (non-hydrogen) atoms. The van der Waals surface area contributed by atoms with Crippen LogP contribution in [0.2, 0.25) is 5.02 Å². The van der Waals surface area contributed by atoms with Crippen LogP contribution in [0.5, 0.6) is 5.75 Å². The Bertz CT molecular complexity index is 707. The zero-order valence-electron chi connectivity index (χ0n) is 15.0. The molecule has 0 aliphatic heterocycles. The van der Waals surface area contributed by atoms with Gasteiger partial charge in [0.2, 0.25) is 0 Å². The van der Waals surface area contributed by atoms with Crippen LogP contribution in [0.3, 0.4) is 0 Å². The molecule has 0 aromatic heterocycles. The second-order valence-corrected chi connectivity index (χ2v) is 6.42. The van der Waals surface area contributed by atoms with E-state index in [2.05, 4.69) is 10.6 Å². The number of urea groups is 1. The molecule has 0 spiro atoms. The fraction of sp³-hybridized carbons (Fsp3) is 0.316. The minimum atomic E-state index is -0.260. The number of nitrogens with zero attached hydrogens (tertiary/aromatic N) is 1. The quantitative estimate of drug-likeness (QED) is 0.757. The van der Waals surface area contributed by atoms with Gasteiger partial charge in [-0.3, -0.25) is 0 Å². The van der Waals surface area contributed by atoms with Crippen LogP contribution in [0.4, 0.5) is 16.2 Å². The third-order valence-corrected chi connectivity index (χ3v) is 4.30. The van der Waals surface area contributed by atoms with E-state index in [1.807, 2.05) is 69.2 Å². The van der Waals surface area contributed by atoms with Gasteiger partial charge in [0.05, 0.1) is 6.54 Å². The van der Waals surface area contributed by atoms with Gasteiger partial charge in [-0.15, -0.1) is 0 Å². The van der Waals surface area contributed by atoms with Gasteiger partial charge in [0, 0.05) is 30.5 Å². The van der Waals surface area contributed by atoms with Gasteiger partial charge in [0.25, 0.3) is 0 Å². The molecule has 2 aromatic rings. The Labute approximate surface area is 153 Å². The summed E-state index contributed by atoms with van der Waals surface area (Å²) >= 11 is 6.13. The lowest BCUT2D eigenvalue weighted by Gasteiger charge is -2.13. The van der Waals surface area contributed by atoms with Gasteiger partial charge in [-0.25, -0.2) is 4.79 Å². The summed E-state index contributed by atoms with van der Waals surface area (Å²) in [5.41, 5.74) is 3.77. The minimum Gasteiger partial charge on any atom is -0.492 e. The lowest BCUT2D eigenvalue weighted by Crippen LogP contribution is -2.32. The monoisotopic (exact) mass is 361 g/mol. The van der Waals surface area contributed by atoms with Crippen molar-refractivity contribution in [2.45, 2.75) is 13.8 Å². The third-order valence-electron chi connectivity index (χ3n) is 3.71. The van der Waals surface area contributed by atoms with Crippen molar-refractivity contribution in [2.24, 2.45) is 0 Å². The van der Waals surface area contributed by atoms with Crippen LogP contribution in [0.15, 0.2) is 36.4 Å². The number of anilines is 2. The van der Waals surface area contributed by atoms with E-state index in [9.17, 15) is 4.79 Å². The number of carbonyl (C=O) groups excluding carboxylic acids is 1. The molecule has 0 radical (unpaired) electrons. The lowest BCUT2D eigenvalue weighted by molar-refractivity contribution is 0.247. The van der Waals surface area contributed by atoms with Gasteiger partial charge in [-0.2, -0.15) is 0 Å². The molecule has 5 nitrogen and oxygen atoms in total. The summed E-state index contributed by atoms with van der Waals surface area (Å²) < 4.78 is 5.66. The van der Waals surface area contributed by atoms with E-state index in [1.165, 1.54) is 0 Å². The van der Waals surface area contributed by atoms with Gasteiger partial charge in [-0.1, -0.05) is 11.6 Å². The van der Waals surface area contributed by atoms with Crippen molar-refractivity contribution in [1.29, 1.82) is 0 Å². The highest BCUT2D eigenvalue weighted by molar-refractivity contribution is 6.32. The number of aryl methyl sites for hydroxylation is 2. The van der Waals surface area contributed by atoms with E-state index < -0.39 is 0 Å². The average Bonchev–Trinajstić information content (AvgIpc) is 2.57. The predicted molar refractivity (Wildman–Crippen MR) is 104 cm³/mol. The molecule has 134 valence electrons. The van der Waals surface area contributed by atoms with Crippen molar-refractivity contribution >= 4 is 29.0 Å². The standard InChI is InChI=1S/C19H24ClN3O2/c1-13-11-17(12-14(2)18(13)20)25-10-9-21-19(24)22-15-5-7-16(8-6-15)23(3)4/h5-8,11-12H,9-10H2,1-4H3,(H2,21,22,24). The summed E-state index contributed by atoms with van der Waals surface area (Å²) in [5.74, 6) is 0.751. The third kappa shape index (κ3) is 5.57. The minimum absolute atomic E-state index is 0.260. The molecule has 0 aliphatic carbocycles. The Kier molecular flexibility index (Phi) is 6.53. The van der Waals surface area contributed by atoms with Crippen LogP contribution in [-0.2, 0) is 0 Å². The van der Waals surface area contributed by atoms with Crippen LogP contribution < -0.4 is 20.3 Å². The highest BCUT2D eigenvalue weighted by atomic mass is 35.5. The van der Waals surface area contributed by atoms with E-state index >= 15 is 0 Å². The topological polar surface area (TPSA) is 53.6 Å². The Morgan fingerprint density at radius 2 is 1.72 bits per heavy atom. The Morgan fingerprint density at radius 1 is 1.12 bits per heavy atom. The number of ether oxygens (including phenoxy) is 1. The first-order valence-corrected chi connectivity index (χ1v) is 8.46. The van der Waals surface area contributed by atoms with Crippen molar-refractivity contribution in [1.82, 2.24) is 5.32 Å². The molecule has 0 saturated carbocycles. The van der Waals surface area contributed by atoms with Crippen LogP contribution in [-0.4, -0.2) is 33.3 Å². The first-order valence-electron chi connectivity index (χ1n) is 8.08. The van der Waals surface area contributed by atoms with Gasteiger partial charge in [-0.05, 0) is 61.4 Å². The van der Waals surface area contributed by atoms with Gasteiger partial charge in [0.15, 0.2) is 0 Å². The summed E-state index contributed by atoms with van der Waals surface area (Å²) in [6.45, 7) is 4.67. The maximum atomic E-state index is 11.9. The van der Waals surface area contributed by atoms with Crippen molar-refractivity contribution < 1.29 is 9.53 Å². The Balaban J connectivity index is 1.75. The van der Waals surface area contributed by atoms with Gasteiger partial charge < -0.3 is 20.3 Å². The molecule has 2 amide bonds. The maximum absolute atomic E-state index is 11.9. The first kappa shape index (κ1) is 18.9. The second-order valence-electron chi connectivity index (χ2n) is 6.04. The number of hydrogen-bond donors (Lipinski definition) is 2. The number of benzene rings is 2. The Hall–Kier alpha value is -2.40. The van der Waals surface area contributed by atoms with Crippen LogP contribution in [0.1, 0.15) is 11.1 Å². The molecule has 2 aromatic carbocycles. The van der Waals surface area contributed by atoms with Crippen LogP contribution in [0.25, 0.3) is 0 Å². The molecule has 2 rings (SSSR count). The highest BCUT2D eigenvalue weighted by Gasteiger charge is 2.05. The fourth-order valence-electron chi connectivity index (χ4n) is 2.34. The van der Waals surface area contributed by atoms with Crippen molar-refractivity contribution in [2.75, 3.05) is 37.5 Å². The number of hydrogen-bond acceptors (Lipinski definition) is 3. The summed E-state index contributed by atoms with van der Waals surface area (Å²) in [6.07, 6.45) is 0. The second kappa shape index (κ2) is 8.62. The lowest BCUT2D eigenvalue weighted by atomic mass is 10.1. The van der Waals surface area contributed by atoms with Gasteiger partial charge >= 0.3 is 6.03 Å². The molecule has 6 heteroatoms. The molecular formula is C19H24ClN3O2. The van der Waals surface area contributed by atoms with Crippen LogP contribution >= 0.6 is 11.6 Å². The number of carbonyl (C=O) groups is 1. The summed E-state index contributed by atoms with van der Waals surface area (Å²) in [5, 5.41) is 6.31. The molecule has 0 unspecified atom stereocenters. The normalized spacial score (nSPS) is 10.3. The highest BCUT2D eigenvalue weighted by Crippen LogP contribution is 2.25. The number of rotatable bonds is 6. The summed E-state index contributed by atoms with van der Waals surface area (Å²) in [7, 11) is 3.94. The largest absolute Gasteiger partial charge is 0.492 e. The molecule has 0 atom stereocenters. The van der Waals surface area contributed by atoms with E-state index in [0.29, 0.717) is 13.2 Å². The molecule has 0 fully saturated rings. The van der Waals surface area contributed by atoms with Gasteiger partial charge in [0.1, 0.15) is 12.4 Å². The Morgan fingerprint density at radius 3 is 2.28 bits per heavy atom. The van der Waals surface area contributed by atoms with E-state index in [-0.39, 0.29) is 6.03 Å². The summed E-state index contributed by atoms with van der Waals surface area (Å²) in [4.78, 5) is 13.9. The van der Waals surface area contributed by atoms with Crippen molar-refractivity contribution in [3.05, 3.63) is 52.5 Å². The fourth-order valence-corrected chi connectivity index (χ4v) is 2.45. The predicted octanol–water partition coefficient (Wildman–Crippen LogP) is 4.22. The van der Waals surface area contributed by atoms with E-state index in [1.54, 1.807) is 0 Å². The number of halogens is 1. The van der Waals surface area contributed by atoms with E-state index in [0.717, 1.165) is 33.3 Å². The number of nitrogens with one attached hydrogen (secondary N) is 2. The molecule has 0 aliphatic rings. The zero-order valence-corrected chi connectivity index (χ0v) is 15.8.